The number of nitrogens with zero attached hydrogens (tertiary/aromatic N) is 2. The Morgan fingerprint density at radius 1 is 1.38 bits per heavy atom. The third-order valence-corrected chi connectivity index (χ3v) is 2.64. The smallest absolute Gasteiger partial charge is 0.0684 e. The molecule has 2 heteroatoms. The van der Waals surface area contributed by atoms with Crippen LogP contribution < -0.4 is 0 Å². The van der Waals surface area contributed by atoms with Gasteiger partial charge >= 0.3 is 0 Å². The Morgan fingerprint density at radius 3 is 2.23 bits per heavy atom. The van der Waals surface area contributed by atoms with E-state index in [1.165, 1.54) is 0 Å². The van der Waals surface area contributed by atoms with Crippen molar-refractivity contribution in [3.8, 4) is 6.07 Å². The number of nitriles is 1. The molecule has 0 radical (unpaired) electrons. The SMILES string of the molecule is CCC(CC(C)(C)C#N)N(C)CC. The molecule has 0 fully saturated rings. The Kier molecular flexibility index (Phi) is 5.02. The molecule has 0 bridgehead atoms. The minimum atomic E-state index is -0.190. The van der Waals surface area contributed by atoms with Gasteiger partial charge < -0.3 is 4.90 Å². The maximum Gasteiger partial charge on any atom is 0.0684 e. The minimum Gasteiger partial charge on any atom is -0.304 e. The summed E-state index contributed by atoms with van der Waals surface area (Å²) >= 11 is 0. The summed E-state index contributed by atoms with van der Waals surface area (Å²) in [4.78, 5) is 2.32. The van der Waals surface area contributed by atoms with Crippen LogP contribution in [-0.2, 0) is 0 Å². The van der Waals surface area contributed by atoms with Gasteiger partial charge in [0.2, 0.25) is 0 Å². The first-order chi connectivity index (χ1) is 5.96. The van der Waals surface area contributed by atoms with Gasteiger partial charge in [-0.15, -0.1) is 0 Å². The molecule has 0 aliphatic rings. The van der Waals surface area contributed by atoms with Crippen molar-refractivity contribution < 1.29 is 0 Å². The Balaban J connectivity index is 4.22. The van der Waals surface area contributed by atoms with Crippen LogP contribution in [0, 0.1) is 16.7 Å². The fourth-order valence-corrected chi connectivity index (χ4v) is 1.50. The molecule has 0 saturated carbocycles. The first-order valence-corrected chi connectivity index (χ1v) is 5.08. The van der Waals surface area contributed by atoms with Crippen molar-refractivity contribution in [2.75, 3.05) is 13.6 Å². The van der Waals surface area contributed by atoms with Crippen LogP contribution in [-0.4, -0.2) is 24.5 Å². The first-order valence-electron chi connectivity index (χ1n) is 5.08. The van der Waals surface area contributed by atoms with Gasteiger partial charge in [-0.25, -0.2) is 0 Å². The summed E-state index contributed by atoms with van der Waals surface area (Å²) in [5.74, 6) is 0. The maximum atomic E-state index is 8.92. The van der Waals surface area contributed by atoms with Gasteiger partial charge in [-0.2, -0.15) is 5.26 Å². The van der Waals surface area contributed by atoms with Crippen LogP contribution in [0.2, 0.25) is 0 Å². The zero-order chi connectivity index (χ0) is 10.5. The first kappa shape index (κ1) is 12.4. The average molecular weight is 182 g/mol. The van der Waals surface area contributed by atoms with Crippen molar-refractivity contribution in [3.63, 3.8) is 0 Å². The molecule has 0 aromatic carbocycles. The standard InChI is InChI=1S/C11H22N2/c1-6-10(13(5)7-2)8-11(3,4)9-12/h10H,6-8H2,1-5H3. The van der Waals surface area contributed by atoms with Crippen molar-refractivity contribution in [1.82, 2.24) is 4.90 Å². The fraction of sp³-hybridized carbons (Fsp3) is 0.909. The second kappa shape index (κ2) is 5.24. The monoisotopic (exact) mass is 182 g/mol. The largest absolute Gasteiger partial charge is 0.304 e. The van der Waals surface area contributed by atoms with E-state index < -0.39 is 0 Å². The van der Waals surface area contributed by atoms with E-state index in [2.05, 4.69) is 31.9 Å². The fourth-order valence-electron chi connectivity index (χ4n) is 1.50. The Bertz CT molecular complexity index is 179. The normalized spacial score (nSPS) is 14.2. The molecule has 0 amide bonds. The van der Waals surface area contributed by atoms with Crippen molar-refractivity contribution in [2.45, 2.75) is 46.6 Å². The molecule has 0 saturated heterocycles. The van der Waals surface area contributed by atoms with Gasteiger partial charge in [0.25, 0.3) is 0 Å². The quantitative estimate of drug-likeness (QED) is 0.653. The van der Waals surface area contributed by atoms with Crippen LogP contribution >= 0.6 is 0 Å². The predicted octanol–water partition coefficient (Wildman–Crippen LogP) is 2.66. The van der Waals surface area contributed by atoms with Crippen LogP contribution in [0.5, 0.6) is 0 Å². The molecular formula is C11H22N2. The highest BCUT2D eigenvalue weighted by atomic mass is 15.1. The van der Waals surface area contributed by atoms with E-state index in [4.69, 9.17) is 5.26 Å². The lowest BCUT2D eigenvalue weighted by Gasteiger charge is -2.30. The van der Waals surface area contributed by atoms with Crippen molar-refractivity contribution in [3.05, 3.63) is 0 Å². The molecule has 1 unspecified atom stereocenters. The van der Waals surface area contributed by atoms with Crippen LogP contribution in [0.25, 0.3) is 0 Å². The van der Waals surface area contributed by atoms with Crippen molar-refractivity contribution in [2.24, 2.45) is 5.41 Å². The van der Waals surface area contributed by atoms with Gasteiger partial charge in [0.1, 0.15) is 0 Å². The van der Waals surface area contributed by atoms with E-state index in [0.717, 1.165) is 19.4 Å². The summed E-state index contributed by atoms with van der Waals surface area (Å²) in [5, 5.41) is 8.92. The van der Waals surface area contributed by atoms with Gasteiger partial charge in [0.15, 0.2) is 0 Å². The number of rotatable bonds is 5. The maximum absolute atomic E-state index is 8.92. The number of hydrogen-bond donors (Lipinski definition) is 0. The Hall–Kier alpha value is -0.550. The second-order valence-corrected chi connectivity index (χ2v) is 4.34. The molecule has 13 heavy (non-hydrogen) atoms. The zero-order valence-electron chi connectivity index (χ0n) is 9.59. The zero-order valence-corrected chi connectivity index (χ0v) is 9.59. The van der Waals surface area contributed by atoms with Crippen molar-refractivity contribution in [1.29, 1.82) is 5.26 Å². The van der Waals surface area contributed by atoms with Crippen LogP contribution in [0.4, 0.5) is 0 Å². The van der Waals surface area contributed by atoms with Gasteiger partial charge in [-0.3, -0.25) is 0 Å². The third kappa shape index (κ3) is 4.28. The highest BCUT2D eigenvalue weighted by Gasteiger charge is 2.23. The molecule has 76 valence electrons. The molecule has 0 heterocycles. The lowest BCUT2D eigenvalue weighted by molar-refractivity contribution is 0.197. The third-order valence-electron chi connectivity index (χ3n) is 2.64. The highest BCUT2D eigenvalue weighted by molar-refractivity contribution is 4.94. The molecule has 0 N–H and O–H groups in total. The summed E-state index contributed by atoms with van der Waals surface area (Å²) in [6.45, 7) is 9.42. The molecule has 2 nitrogen and oxygen atoms in total. The van der Waals surface area contributed by atoms with Gasteiger partial charge in [0.05, 0.1) is 11.5 Å². The lowest BCUT2D eigenvalue weighted by atomic mass is 9.86. The van der Waals surface area contributed by atoms with E-state index in [-0.39, 0.29) is 5.41 Å². The van der Waals surface area contributed by atoms with Crippen LogP contribution in [0.15, 0.2) is 0 Å². The Morgan fingerprint density at radius 2 is 1.92 bits per heavy atom. The average Bonchev–Trinajstić information content (AvgIpc) is 2.13. The van der Waals surface area contributed by atoms with Gasteiger partial charge in [-0.05, 0) is 40.3 Å². The molecule has 0 aliphatic carbocycles. The summed E-state index contributed by atoms with van der Waals surface area (Å²) in [6.07, 6.45) is 2.08. The van der Waals surface area contributed by atoms with Gasteiger partial charge in [-0.1, -0.05) is 13.8 Å². The second-order valence-electron chi connectivity index (χ2n) is 4.34. The molecule has 0 spiro atoms. The molecule has 0 aromatic heterocycles. The van der Waals surface area contributed by atoms with Crippen LogP contribution in [0.3, 0.4) is 0 Å². The molecule has 1 atom stereocenters. The highest BCUT2D eigenvalue weighted by Crippen LogP contribution is 2.24. The summed E-state index contributed by atoms with van der Waals surface area (Å²) in [7, 11) is 2.13. The van der Waals surface area contributed by atoms with E-state index >= 15 is 0 Å². The lowest BCUT2D eigenvalue weighted by Crippen LogP contribution is -2.34. The molecule has 0 aliphatic heterocycles. The van der Waals surface area contributed by atoms with Crippen molar-refractivity contribution >= 4 is 0 Å². The van der Waals surface area contributed by atoms with E-state index in [0.29, 0.717) is 6.04 Å². The summed E-state index contributed by atoms with van der Waals surface area (Å²) in [6, 6.07) is 2.90. The predicted molar refractivity (Wildman–Crippen MR) is 56.4 cm³/mol. The van der Waals surface area contributed by atoms with Gasteiger partial charge in [0, 0.05) is 6.04 Å². The minimum absolute atomic E-state index is 0.190. The Labute approximate surface area is 82.5 Å². The molecule has 0 aromatic rings. The number of hydrogen-bond acceptors (Lipinski definition) is 2. The van der Waals surface area contributed by atoms with Crippen LogP contribution in [0.1, 0.15) is 40.5 Å². The van der Waals surface area contributed by atoms with E-state index in [1.807, 2.05) is 13.8 Å². The molecule has 0 rings (SSSR count). The van der Waals surface area contributed by atoms with E-state index in [1.54, 1.807) is 0 Å². The van der Waals surface area contributed by atoms with E-state index in [9.17, 15) is 0 Å². The topological polar surface area (TPSA) is 27.0 Å². The summed E-state index contributed by atoms with van der Waals surface area (Å²) in [5.41, 5.74) is -0.190. The molecular weight excluding hydrogens is 160 g/mol. The summed E-state index contributed by atoms with van der Waals surface area (Å²) < 4.78 is 0.